The van der Waals surface area contributed by atoms with E-state index in [4.69, 9.17) is 26.4 Å². The summed E-state index contributed by atoms with van der Waals surface area (Å²) in [6.45, 7) is 0.962. The van der Waals surface area contributed by atoms with Crippen LogP contribution in [0.4, 0.5) is 11.4 Å². The van der Waals surface area contributed by atoms with E-state index in [1.54, 1.807) is 24.3 Å². The Morgan fingerprint density at radius 1 is 0.882 bits per heavy atom. The molecule has 0 aliphatic carbocycles. The number of hydrogen-bond acceptors (Lipinski definition) is 7. The van der Waals surface area contributed by atoms with Crippen molar-refractivity contribution in [3.05, 3.63) is 42.0 Å². The zero-order valence-electron chi connectivity index (χ0n) is 20.2. The molecule has 0 aromatic heterocycles. The standard InChI is InChI=1S/C24H32N4O5S/c1-28(2)13-7-6-8-21(29)25-17-9-11-18(12-10-17)26-24(34)27-23(30)16-14-19(31-3)22(33-5)20(15-16)32-4/h9-12,14-15H,6-8,13H2,1-5H3,(H,25,29)(H2,26,27,30,34). The van der Waals surface area contributed by atoms with Gasteiger partial charge in [-0.1, -0.05) is 0 Å². The molecule has 0 saturated heterocycles. The summed E-state index contributed by atoms with van der Waals surface area (Å²) < 4.78 is 15.8. The van der Waals surface area contributed by atoms with Crippen LogP contribution in [0.15, 0.2) is 36.4 Å². The van der Waals surface area contributed by atoms with Crippen molar-refractivity contribution >= 4 is 40.5 Å². The summed E-state index contributed by atoms with van der Waals surface area (Å²) in [4.78, 5) is 26.8. The molecular formula is C24H32N4O5S. The molecule has 2 aromatic carbocycles. The van der Waals surface area contributed by atoms with E-state index in [-0.39, 0.29) is 11.0 Å². The molecule has 0 heterocycles. The van der Waals surface area contributed by atoms with Crippen LogP contribution in [-0.2, 0) is 4.79 Å². The van der Waals surface area contributed by atoms with Gasteiger partial charge in [0.1, 0.15) is 0 Å². The predicted molar refractivity (Wildman–Crippen MR) is 137 cm³/mol. The molecule has 2 aromatic rings. The molecule has 0 unspecified atom stereocenters. The number of anilines is 2. The summed E-state index contributed by atoms with van der Waals surface area (Å²) in [6.07, 6.45) is 2.29. The van der Waals surface area contributed by atoms with Gasteiger partial charge in [-0.2, -0.15) is 0 Å². The summed E-state index contributed by atoms with van der Waals surface area (Å²) in [5.41, 5.74) is 1.65. The predicted octanol–water partition coefficient (Wildman–Crippen LogP) is 3.51. The number of benzene rings is 2. The van der Waals surface area contributed by atoms with Crippen molar-refractivity contribution in [1.82, 2.24) is 10.2 Å². The van der Waals surface area contributed by atoms with E-state index in [0.717, 1.165) is 19.4 Å². The van der Waals surface area contributed by atoms with Gasteiger partial charge in [0.05, 0.1) is 21.3 Å². The Balaban J connectivity index is 1.90. The Bertz CT molecular complexity index is 970. The van der Waals surface area contributed by atoms with E-state index in [1.165, 1.54) is 33.5 Å². The number of amides is 2. The number of thiocarbonyl (C=S) groups is 1. The molecular weight excluding hydrogens is 456 g/mol. The summed E-state index contributed by atoms with van der Waals surface area (Å²) in [7, 11) is 8.47. The average molecular weight is 489 g/mol. The van der Waals surface area contributed by atoms with E-state index in [9.17, 15) is 9.59 Å². The summed E-state index contributed by atoms with van der Waals surface area (Å²) in [5.74, 6) is 0.660. The second-order valence-corrected chi connectivity index (χ2v) is 8.12. The highest BCUT2D eigenvalue weighted by Gasteiger charge is 2.17. The van der Waals surface area contributed by atoms with Gasteiger partial charge in [0, 0.05) is 23.4 Å². The number of rotatable bonds is 11. The fraction of sp³-hybridized carbons (Fsp3) is 0.375. The third kappa shape index (κ3) is 8.20. The molecule has 0 spiro atoms. The molecule has 0 fully saturated rings. The zero-order chi connectivity index (χ0) is 25.1. The molecule has 0 saturated carbocycles. The van der Waals surface area contributed by atoms with Gasteiger partial charge in [-0.05, 0) is 82.1 Å². The van der Waals surface area contributed by atoms with Crippen LogP contribution in [0.25, 0.3) is 0 Å². The van der Waals surface area contributed by atoms with Crippen LogP contribution in [0.2, 0.25) is 0 Å². The van der Waals surface area contributed by atoms with Gasteiger partial charge in [-0.3, -0.25) is 14.9 Å². The number of ether oxygens (including phenoxy) is 3. The fourth-order valence-corrected chi connectivity index (χ4v) is 3.33. The van der Waals surface area contributed by atoms with Crippen molar-refractivity contribution in [2.75, 3.05) is 52.6 Å². The van der Waals surface area contributed by atoms with E-state index >= 15 is 0 Å². The maximum atomic E-state index is 12.7. The molecule has 0 atom stereocenters. The number of unbranched alkanes of at least 4 members (excludes halogenated alkanes) is 1. The number of hydrogen-bond donors (Lipinski definition) is 3. The average Bonchev–Trinajstić information content (AvgIpc) is 2.81. The Morgan fingerprint density at radius 2 is 1.44 bits per heavy atom. The van der Waals surface area contributed by atoms with Gasteiger partial charge in [0.15, 0.2) is 16.6 Å². The smallest absolute Gasteiger partial charge is 0.257 e. The zero-order valence-corrected chi connectivity index (χ0v) is 21.0. The summed E-state index contributed by atoms with van der Waals surface area (Å²) in [5, 5.41) is 8.57. The van der Waals surface area contributed by atoms with Gasteiger partial charge >= 0.3 is 0 Å². The number of carbonyl (C=O) groups excluding carboxylic acids is 2. The molecule has 34 heavy (non-hydrogen) atoms. The largest absolute Gasteiger partial charge is 0.493 e. The van der Waals surface area contributed by atoms with Crippen LogP contribution in [0, 0.1) is 0 Å². The van der Waals surface area contributed by atoms with E-state index in [1.807, 2.05) is 14.1 Å². The molecule has 0 bridgehead atoms. The minimum Gasteiger partial charge on any atom is -0.493 e. The monoisotopic (exact) mass is 488 g/mol. The molecule has 2 rings (SSSR count). The van der Waals surface area contributed by atoms with Crippen molar-refractivity contribution in [1.29, 1.82) is 0 Å². The molecule has 0 aliphatic heterocycles. The molecule has 9 nitrogen and oxygen atoms in total. The summed E-state index contributed by atoms with van der Waals surface area (Å²) >= 11 is 5.26. The first-order chi connectivity index (χ1) is 16.3. The lowest BCUT2D eigenvalue weighted by atomic mass is 10.1. The highest BCUT2D eigenvalue weighted by atomic mass is 32.1. The highest BCUT2D eigenvalue weighted by molar-refractivity contribution is 7.80. The van der Waals surface area contributed by atoms with Crippen molar-refractivity contribution in [3.63, 3.8) is 0 Å². The number of methoxy groups -OCH3 is 3. The fourth-order valence-electron chi connectivity index (χ4n) is 3.12. The van der Waals surface area contributed by atoms with Crippen LogP contribution in [0.3, 0.4) is 0 Å². The second-order valence-electron chi connectivity index (χ2n) is 7.71. The minimum absolute atomic E-state index is 0.0207. The maximum absolute atomic E-state index is 12.7. The van der Waals surface area contributed by atoms with Gasteiger partial charge in [-0.25, -0.2) is 0 Å². The Morgan fingerprint density at radius 3 is 1.94 bits per heavy atom. The van der Waals surface area contributed by atoms with Crippen molar-refractivity contribution in [3.8, 4) is 17.2 Å². The molecule has 0 aliphatic rings. The lowest BCUT2D eigenvalue weighted by Crippen LogP contribution is -2.34. The van der Waals surface area contributed by atoms with Crippen molar-refractivity contribution < 1.29 is 23.8 Å². The van der Waals surface area contributed by atoms with Gasteiger partial charge < -0.3 is 29.7 Å². The van der Waals surface area contributed by atoms with Crippen LogP contribution < -0.4 is 30.2 Å². The first kappa shape index (κ1) is 26.9. The first-order valence-corrected chi connectivity index (χ1v) is 11.1. The highest BCUT2D eigenvalue weighted by Crippen LogP contribution is 2.38. The van der Waals surface area contributed by atoms with Crippen molar-refractivity contribution in [2.24, 2.45) is 0 Å². The number of nitrogens with one attached hydrogen (secondary N) is 3. The Hall–Kier alpha value is -3.37. The lowest BCUT2D eigenvalue weighted by molar-refractivity contribution is -0.116. The molecule has 10 heteroatoms. The van der Waals surface area contributed by atoms with E-state index in [2.05, 4.69) is 20.9 Å². The lowest BCUT2D eigenvalue weighted by Gasteiger charge is -2.15. The van der Waals surface area contributed by atoms with Gasteiger partial charge in [0.2, 0.25) is 11.7 Å². The minimum atomic E-state index is -0.435. The molecule has 184 valence electrons. The third-order valence-electron chi connectivity index (χ3n) is 4.84. The normalized spacial score (nSPS) is 10.4. The van der Waals surface area contributed by atoms with Crippen LogP contribution in [-0.4, -0.2) is 63.8 Å². The summed E-state index contributed by atoms with van der Waals surface area (Å²) in [6, 6.07) is 10.1. The topological polar surface area (TPSA) is 101 Å². The molecule has 3 N–H and O–H groups in total. The van der Waals surface area contributed by atoms with Crippen LogP contribution in [0.5, 0.6) is 17.2 Å². The third-order valence-corrected chi connectivity index (χ3v) is 5.04. The Kier molecular flexibility index (Phi) is 10.6. The van der Waals surface area contributed by atoms with Crippen molar-refractivity contribution in [2.45, 2.75) is 19.3 Å². The SMILES string of the molecule is COc1cc(C(=O)NC(=S)Nc2ccc(NC(=O)CCCCN(C)C)cc2)cc(OC)c1OC. The molecule has 2 amide bonds. The van der Waals surface area contributed by atoms with E-state index in [0.29, 0.717) is 40.6 Å². The van der Waals surface area contributed by atoms with Crippen LogP contribution >= 0.6 is 12.2 Å². The second kappa shape index (κ2) is 13.4. The van der Waals surface area contributed by atoms with E-state index < -0.39 is 5.91 Å². The number of nitrogens with zero attached hydrogens (tertiary/aromatic N) is 1. The first-order valence-electron chi connectivity index (χ1n) is 10.7. The van der Waals surface area contributed by atoms with Crippen LogP contribution in [0.1, 0.15) is 29.6 Å². The number of carbonyl (C=O) groups is 2. The van der Waals surface area contributed by atoms with Gasteiger partial charge in [-0.15, -0.1) is 0 Å². The maximum Gasteiger partial charge on any atom is 0.257 e. The molecule has 0 radical (unpaired) electrons. The quantitative estimate of drug-likeness (QED) is 0.326. The van der Waals surface area contributed by atoms with Gasteiger partial charge in [0.25, 0.3) is 5.91 Å². The Labute approximate surface area is 205 Å².